The molecule has 0 atom stereocenters. The summed E-state index contributed by atoms with van der Waals surface area (Å²) in [5.41, 5.74) is 3.87. The third-order valence-electron chi connectivity index (χ3n) is 7.80. The zero-order chi connectivity index (χ0) is 30.4. The van der Waals surface area contributed by atoms with Crippen LogP contribution >= 0.6 is 0 Å². The van der Waals surface area contributed by atoms with E-state index in [-0.39, 0.29) is 16.4 Å². The monoisotopic (exact) mass is 600 g/mol. The highest BCUT2D eigenvalue weighted by Gasteiger charge is 2.21. The molecule has 1 aliphatic heterocycles. The summed E-state index contributed by atoms with van der Waals surface area (Å²) in [5.74, 6) is -0.0486. The number of rotatable bonds is 10. The van der Waals surface area contributed by atoms with Crippen molar-refractivity contribution in [3.05, 3.63) is 107 Å². The minimum atomic E-state index is -4.03. The molecule has 0 spiro atoms. The van der Waals surface area contributed by atoms with Crippen molar-refractivity contribution in [2.75, 3.05) is 33.4 Å². The van der Waals surface area contributed by atoms with Crippen molar-refractivity contribution in [1.82, 2.24) is 9.62 Å². The second-order valence-electron chi connectivity index (χ2n) is 10.7. The normalized spacial score (nSPS) is 13.6. The molecule has 5 rings (SSSR count). The van der Waals surface area contributed by atoms with Gasteiger partial charge in [-0.2, -0.15) is 0 Å². The Labute approximate surface area is 252 Å². The molecule has 8 nitrogen and oxygen atoms in total. The molecule has 1 heterocycles. The molecule has 4 aromatic carbocycles. The van der Waals surface area contributed by atoms with E-state index in [1.165, 1.54) is 18.7 Å². The first-order valence-corrected chi connectivity index (χ1v) is 15.9. The van der Waals surface area contributed by atoms with Crippen LogP contribution in [0.2, 0.25) is 0 Å². The Kier molecular flexibility index (Phi) is 9.43. The molecule has 0 radical (unpaired) electrons. The van der Waals surface area contributed by atoms with Gasteiger partial charge in [-0.05, 0) is 71.0 Å². The molecule has 0 saturated carbocycles. The molecule has 1 fully saturated rings. The summed E-state index contributed by atoms with van der Waals surface area (Å²) in [6.45, 7) is 4.23. The van der Waals surface area contributed by atoms with E-state index < -0.39 is 15.9 Å². The van der Waals surface area contributed by atoms with Gasteiger partial charge in [-0.1, -0.05) is 60.7 Å². The van der Waals surface area contributed by atoms with E-state index in [2.05, 4.69) is 35.1 Å². The second kappa shape index (κ2) is 13.4. The predicted molar refractivity (Wildman–Crippen MR) is 166 cm³/mol. The van der Waals surface area contributed by atoms with Gasteiger partial charge in [0.05, 0.1) is 25.2 Å². The summed E-state index contributed by atoms with van der Waals surface area (Å²) in [5, 5.41) is 2.23. The molecule has 4 aromatic rings. The third kappa shape index (κ3) is 7.24. The summed E-state index contributed by atoms with van der Waals surface area (Å²) in [6.07, 6.45) is 2.66. The smallest absolute Gasteiger partial charge is 0.265 e. The summed E-state index contributed by atoms with van der Waals surface area (Å²) >= 11 is 0. The Morgan fingerprint density at radius 3 is 2.49 bits per heavy atom. The highest BCUT2D eigenvalue weighted by molar-refractivity contribution is 7.90. The Morgan fingerprint density at radius 1 is 0.930 bits per heavy atom. The van der Waals surface area contributed by atoms with E-state index in [1.807, 2.05) is 11.0 Å². The average Bonchev–Trinajstić information content (AvgIpc) is 3.01. The minimum absolute atomic E-state index is 0.0611. The van der Waals surface area contributed by atoms with Crippen LogP contribution in [0.3, 0.4) is 0 Å². The van der Waals surface area contributed by atoms with E-state index in [9.17, 15) is 18.0 Å². The van der Waals surface area contributed by atoms with E-state index >= 15 is 0 Å². The van der Waals surface area contributed by atoms with Gasteiger partial charge in [0.1, 0.15) is 5.75 Å². The molecule has 0 bridgehead atoms. The molecule has 43 heavy (non-hydrogen) atoms. The Hall–Kier alpha value is -4.21. The molecule has 0 aromatic heterocycles. The van der Waals surface area contributed by atoms with E-state index in [0.29, 0.717) is 50.5 Å². The molecular formula is C34H36N2O6S. The fraction of sp³-hybridized carbons (Fsp3) is 0.294. The van der Waals surface area contributed by atoms with Crippen LogP contribution in [-0.2, 0) is 32.4 Å². The van der Waals surface area contributed by atoms with Crippen molar-refractivity contribution >= 4 is 32.6 Å². The lowest BCUT2D eigenvalue weighted by molar-refractivity contribution is -0.135. The Bertz CT molecular complexity index is 1750. The number of benzene rings is 4. The van der Waals surface area contributed by atoms with Gasteiger partial charge in [0, 0.05) is 31.5 Å². The van der Waals surface area contributed by atoms with Crippen LogP contribution in [0.15, 0.2) is 83.8 Å². The van der Waals surface area contributed by atoms with Gasteiger partial charge in [-0.15, -0.1) is 0 Å². The number of carbonyl (C=O) groups excluding carboxylic acids is 2. The SMILES string of the molecule is COc1cc(C(=O)NS(=O)(=O)c2ccccc2C)ccc1Cc1cccc2ccc(CCCC(=O)N3CCOCC3)cc12. The first-order valence-electron chi connectivity index (χ1n) is 14.4. The first kappa shape index (κ1) is 30.3. The number of amides is 2. The van der Waals surface area contributed by atoms with E-state index in [1.54, 1.807) is 43.3 Å². The molecule has 0 unspecified atom stereocenters. The maximum absolute atomic E-state index is 12.9. The lowest BCUT2D eigenvalue weighted by Crippen LogP contribution is -2.40. The zero-order valence-corrected chi connectivity index (χ0v) is 25.3. The second-order valence-corrected chi connectivity index (χ2v) is 12.4. The molecule has 0 aliphatic carbocycles. The summed E-state index contributed by atoms with van der Waals surface area (Å²) in [6, 6.07) is 24.1. The van der Waals surface area contributed by atoms with Gasteiger partial charge in [-0.3, -0.25) is 9.59 Å². The van der Waals surface area contributed by atoms with E-state index in [4.69, 9.17) is 9.47 Å². The number of nitrogens with one attached hydrogen (secondary N) is 1. The quantitative estimate of drug-likeness (QED) is 0.274. The number of morpholine rings is 1. The number of sulfonamides is 1. The fourth-order valence-corrected chi connectivity index (χ4v) is 6.66. The van der Waals surface area contributed by atoms with Gasteiger partial charge >= 0.3 is 0 Å². The summed E-state index contributed by atoms with van der Waals surface area (Å²) in [4.78, 5) is 27.4. The number of ether oxygens (including phenoxy) is 2. The third-order valence-corrected chi connectivity index (χ3v) is 9.29. The number of hydrogen-bond donors (Lipinski definition) is 1. The molecule has 1 saturated heterocycles. The van der Waals surface area contributed by atoms with Crippen LogP contribution < -0.4 is 9.46 Å². The van der Waals surface area contributed by atoms with Gasteiger partial charge in [0.25, 0.3) is 15.9 Å². The van der Waals surface area contributed by atoms with Crippen molar-refractivity contribution in [2.24, 2.45) is 0 Å². The largest absolute Gasteiger partial charge is 0.496 e. The minimum Gasteiger partial charge on any atom is -0.496 e. The highest BCUT2D eigenvalue weighted by Crippen LogP contribution is 2.28. The number of aryl methyl sites for hydroxylation is 2. The van der Waals surface area contributed by atoms with Crippen LogP contribution in [0.25, 0.3) is 10.8 Å². The maximum atomic E-state index is 12.9. The standard InChI is InChI=1S/C34H36N2O6S/c1-24-7-3-4-11-32(24)43(39,40)35-34(38)29-16-15-28(31(23-29)41-2)22-27-10-6-9-26-14-13-25(21-30(26)27)8-5-12-33(37)36-17-19-42-20-18-36/h3-4,6-7,9-11,13-16,21,23H,5,8,12,17-20,22H2,1-2H3,(H,35,38). The van der Waals surface area contributed by atoms with Crippen LogP contribution in [0.1, 0.15) is 45.5 Å². The number of carbonyl (C=O) groups is 2. The van der Waals surface area contributed by atoms with Crippen molar-refractivity contribution in [2.45, 2.75) is 37.5 Å². The first-order chi connectivity index (χ1) is 20.7. The molecule has 224 valence electrons. The van der Waals surface area contributed by atoms with Crippen LogP contribution in [0.4, 0.5) is 0 Å². The maximum Gasteiger partial charge on any atom is 0.265 e. The Balaban J connectivity index is 1.30. The highest BCUT2D eigenvalue weighted by atomic mass is 32.2. The summed E-state index contributed by atoms with van der Waals surface area (Å²) < 4.78 is 38.8. The van der Waals surface area contributed by atoms with Gasteiger partial charge < -0.3 is 14.4 Å². The summed E-state index contributed by atoms with van der Waals surface area (Å²) in [7, 11) is -2.50. The van der Waals surface area contributed by atoms with Crippen molar-refractivity contribution in [3.63, 3.8) is 0 Å². The molecule has 1 aliphatic rings. The molecule has 9 heteroatoms. The van der Waals surface area contributed by atoms with Gasteiger partial charge in [0.2, 0.25) is 5.91 Å². The molecular weight excluding hydrogens is 564 g/mol. The number of fused-ring (bicyclic) bond motifs is 1. The molecule has 1 N–H and O–H groups in total. The topological polar surface area (TPSA) is 102 Å². The lowest BCUT2D eigenvalue weighted by Gasteiger charge is -2.26. The van der Waals surface area contributed by atoms with Crippen LogP contribution in [-0.4, -0.2) is 58.5 Å². The van der Waals surface area contributed by atoms with Gasteiger partial charge in [-0.25, -0.2) is 13.1 Å². The van der Waals surface area contributed by atoms with E-state index in [0.717, 1.165) is 34.7 Å². The van der Waals surface area contributed by atoms with Crippen LogP contribution in [0.5, 0.6) is 5.75 Å². The number of methoxy groups -OCH3 is 1. The Morgan fingerprint density at radius 2 is 1.72 bits per heavy atom. The van der Waals surface area contributed by atoms with Gasteiger partial charge in [0.15, 0.2) is 0 Å². The fourth-order valence-electron chi connectivity index (χ4n) is 5.44. The van der Waals surface area contributed by atoms with Crippen molar-refractivity contribution in [1.29, 1.82) is 0 Å². The number of nitrogens with zero attached hydrogens (tertiary/aromatic N) is 1. The lowest BCUT2D eigenvalue weighted by atomic mass is 9.95. The average molecular weight is 601 g/mol. The van der Waals surface area contributed by atoms with Crippen molar-refractivity contribution in [3.8, 4) is 5.75 Å². The zero-order valence-electron chi connectivity index (χ0n) is 24.5. The van der Waals surface area contributed by atoms with Crippen molar-refractivity contribution < 1.29 is 27.5 Å². The molecule has 2 amide bonds. The predicted octanol–water partition coefficient (Wildman–Crippen LogP) is 5.05. The number of hydrogen-bond acceptors (Lipinski definition) is 6. The van der Waals surface area contributed by atoms with Crippen LogP contribution in [0, 0.1) is 6.92 Å².